The first-order chi connectivity index (χ1) is 9.87. The number of rotatable bonds is 5. The fourth-order valence-electron chi connectivity index (χ4n) is 1.81. The highest BCUT2D eigenvalue weighted by Gasteiger charge is 2.06. The maximum absolute atomic E-state index is 11.2. The first-order valence-electron chi connectivity index (χ1n) is 6.17. The Morgan fingerprint density at radius 2 is 2.10 bits per heavy atom. The molecule has 0 saturated carbocycles. The highest BCUT2D eigenvalue weighted by atomic mass is 32.2. The molecule has 7 heteroatoms. The average Bonchev–Trinajstić information content (AvgIpc) is 2.86. The summed E-state index contributed by atoms with van der Waals surface area (Å²) in [6.07, 6.45) is 1.13. The number of hydrogen-bond donors (Lipinski definition) is 2. The Morgan fingerprint density at radius 1 is 1.33 bits per heavy atom. The zero-order valence-corrected chi connectivity index (χ0v) is 13.3. The van der Waals surface area contributed by atoms with Crippen molar-refractivity contribution in [2.75, 3.05) is 16.3 Å². The van der Waals surface area contributed by atoms with Gasteiger partial charge in [0.25, 0.3) is 0 Å². The number of aryl methyl sites for hydroxylation is 1. The first kappa shape index (κ1) is 15.4. The van der Waals surface area contributed by atoms with Gasteiger partial charge in [0.15, 0.2) is 0 Å². The van der Waals surface area contributed by atoms with Crippen LogP contribution >= 0.6 is 11.3 Å². The molecule has 1 aromatic carbocycles. The molecule has 5 nitrogen and oxygen atoms in total. The molecule has 0 fully saturated rings. The molecule has 21 heavy (non-hydrogen) atoms. The predicted molar refractivity (Wildman–Crippen MR) is 86.0 cm³/mol. The average molecular weight is 321 g/mol. The number of hydrogen-bond acceptors (Lipinski definition) is 5. The number of nitrogens with one attached hydrogen (secondary N) is 2. The van der Waals surface area contributed by atoms with E-state index in [2.05, 4.69) is 16.1 Å². The summed E-state index contributed by atoms with van der Waals surface area (Å²) in [6, 6.07) is 9.38. The van der Waals surface area contributed by atoms with Crippen LogP contribution in [0.15, 0.2) is 29.6 Å². The molecule has 1 aromatic heterocycles. The lowest BCUT2D eigenvalue weighted by Crippen LogP contribution is -2.10. The van der Waals surface area contributed by atoms with Crippen LogP contribution in [0.4, 0.5) is 11.4 Å². The number of nitrogens with zero attached hydrogens (tertiary/aromatic N) is 1. The summed E-state index contributed by atoms with van der Waals surface area (Å²) >= 11 is 1.53. The molecule has 0 aliphatic carbocycles. The summed E-state index contributed by atoms with van der Waals surface area (Å²) in [5.41, 5.74) is 2.99. The maximum atomic E-state index is 11.2. The molecule has 0 unspecified atom stereocenters. The molecular weight excluding hydrogens is 306 g/mol. The summed E-state index contributed by atoms with van der Waals surface area (Å²) in [6.45, 7) is 2.47. The first-order valence-corrected chi connectivity index (χ1v) is 8.94. The molecular formula is C14H15N3O2S2. The van der Waals surface area contributed by atoms with Crippen molar-refractivity contribution in [1.29, 1.82) is 5.26 Å². The van der Waals surface area contributed by atoms with Gasteiger partial charge in [-0.05, 0) is 36.8 Å². The van der Waals surface area contributed by atoms with Crippen LogP contribution < -0.4 is 10.0 Å². The summed E-state index contributed by atoms with van der Waals surface area (Å²) in [5.74, 6) is 0. The van der Waals surface area contributed by atoms with Gasteiger partial charge in [0.2, 0.25) is 10.0 Å². The quantitative estimate of drug-likeness (QED) is 0.887. The molecule has 0 saturated heterocycles. The van der Waals surface area contributed by atoms with E-state index in [1.807, 2.05) is 30.5 Å². The molecule has 2 rings (SSSR count). The van der Waals surface area contributed by atoms with Gasteiger partial charge >= 0.3 is 0 Å². The lowest BCUT2D eigenvalue weighted by molar-refractivity contribution is 0.607. The number of sulfonamides is 1. The van der Waals surface area contributed by atoms with E-state index >= 15 is 0 Å². The van der Waals surface area contributed by atoms with Crippen molar-refractivity contribution >= 4 is 32.7 Å². The Morgan fingerprint density at radius 3 is 2.67 bits per heavy atom. The number of thiophene rings is 1. The van der Waals surface area contributed by atoms with Crippen LogP contribution in [-0.4, -0.2) is 14.7 Å². The Hall–Kier alpha value is -2.04. The summed E-state index contributed by atoms with van der Waals surface area (Å²) in [4.78, 5) is 1.07. The molecule has 0 aliphatic rings. The predicted octanol–water partition coefficient (Wildman–Crippen LogP) is 2.91. The van der Waals surface area contributed by atoms with Gasteiger partial charge in [0, 0.05) is 22.5 Å². The van der Waals surface area contributed by atoms with Crippen molar-refractivity contribution in [2.45, 2.75) is 13.5 Å². The summed E-state index contributed by atoms with van der Waals surface area (Å²) in [5, 5.41) is 13.9. The van der Waals surface area contributed by atoms with Crippen molar-refractivity contribution in [3.8, 4) is 6.07 Å². The molecule has 1 heterocycles. The second-order valence-corrected chi connectivity index (χ2v) is 7.42. The second kappa shape index (κ2) is 6.16. The van der Waals surface area contributed by atoms with E-state index in [0.29, 0.717) is 17.8 Å². The molecule has 0 radical (unpaired) electrons. The van der Waals surface area contributed by atoms with Gasteiger partial charge in [0.05, 0.1) is 17.5 Å². The van der Waals surface area contributed by atoms with Gasteiger partial charge in [-0.3, -0.25) is 4.72 Å². The van der Waals surface area contributed by atoms with E-state index in [4.69, 9.17) is 5.26 Å². The lowest BCUT2D eigenvalue weighted by atomic mass is 10.2. The van der Waals surface area contributed by atoms with Crippen LogP contribution in [0.2, 0.25) is 0 Å². The fraction of sp³-hybridized carbons (Fsp3) is 0.214. The molecule has 0 spiro atoms. The topological polar surface area (TPSA) is 82.0 Å². The van der Waals surface area contributed by atoms with E-state index in [0.717, 1.165) is 22.4 Å². The molecule has 0 bridgehead atoms. The minimum atomic E-state index is -3.27. The monoisotopic (exact) mass is 321 g/mol. The zero-order chi connectivity index (χ0) is 15.5. The third-order valence-corrected chi connectivity index (χ3v) is 4.30. The maximum Gasteiger partial charge on any atom is 0.229 e. The third kappa shape index (κ3) is 4.48. The lowest BCUT2D eigenvalue weighted by Gasteiger charge is -2.11. The second-order valence-electron chi connectivity index (χ2n) is 4.67. The van der Waals surface area contributed by atoms with E-state index in [9.17, 15) is 8.42 Å². The smallest absolute Gasteiger partial charge is 0.229 e. The van der Waals surface area contributed by atoms with Crippen LogP contribution in [0.1, 0.15) is 16.0 Å². The van der Waals surface area contributed by atoms with Crippen molar-refractivity contribution in [3.05, 3.63) is 45.6 Å². The minimum absolute atomic E-state index is 0.575. The van der Waals surface area contributed by atoms with Crippen LogP contribution in [-0.2, 0) is 16.6 Å². The molecule has 110 valence electrons. The van der Waals surface area contributed by atoms with Gasteiger partial charge < -0.3 is 5.32 Å². The van der Waals surface area contributed by atoms with Crippen LogP contribution in [0.3, 0.4) is 0 Å². The Balaban J connectivity index is 2.05. The summed E-state index contributed by atoms with van der Waals surface area (Å²) in [7, 11) is -3.27. The van der Waals surface area contributed by atoms with Crippen molar-refractivity contribution < 1.29 is 8.42 Å². The number of nitriles is 1. The van der Waals surface area contributed by atoms with E-state index in [1.54, 1.807) is 6.07 Å². The highest BCUT2D eigenvalue weighted by molar-refractivity contribution is 7.92. The number of anilines is 2. The molecule has 0 amide bonds. The van der Waals surface area contributed by atoms with E-state index in [1.165, 1.54) is 11.3 Å². The Bertz CT molecular complexity index is 789. The van der Waals surface area contributed by atoms with Crippen LogP contribution in [0.5, 0.6) is 0 Å². The zero-order valence-electron chi connectivity index (χ0n) is 11.7. The molecule has 2 N–H and O–H groups in total. The van der Waals surface area contributed by atoms with Gasteiger partial charge in [0.1, 0.15) is 6.07 Å². The fourth-order valence-corrected chi connectivity index (χ4v) is 3.19. The van der Waals surface area contributed by atoms with Crippen molar-refractivity contribution in [1.82, 2.24) is 0 Å². The Labute approximate surface area is 128 Å². The van der Waals surface area contributed by atoms with Gasteiger partial charge in [-0.25, -0.2) is 8.42 Å². The van der Waals surface area contributed by atoms with Crippen molar-refractivity contribution in [2.24, 2.45) is 0 Å². The number of benzene rings is 1. The minimum Gasteiger partial charge on any atom is -0.380 e. The SMILES string of the molecule is Cc1cc(NCc2cc(C#N)cs2)ccc1NS(C)(=O)=O. The van der Waals surface area contributed by atoms with Crippen LogP contribution in [0.25, 0.3) is 0 Å². The molecule has 2 aromatic rings. The van der Waals surface area contributed by atoms with Crippen molar-refractivity contribution in [3.63, 3.8) is 0 Å². The molecule has 0 atom stereocenters. The van der Waals surface area contributed by atoms with Gasteiger partial charge in [-0.15, -0.1) is 11.3 Å². The molecule has 0 aliphatic heterocycles. The third-order valence-electron chi connectivity index (χ3n) is 2.77. The standard InChI is InChI=1S/C14H15N3O2S2/c1-10-5-12(3-4-14(10)17-21(2,18)19)16-8-13-6-11(7-15)9-20-13/h3-6,9,16-17H,8H2,1-2H3. The van der Waals surface area contributed by atoms with E-state index < -0.39 is 10.0 Å². The normalized spacial score (nSPS) is 10.9. The summed E-state index contributed by atoms with van der Waals surface area (Å²) < 4.78 is 24.9. The van der Waals surface area contributed by atoms with E-state index in [-0.39, 0.29) is 0 Å². The van der Waals surface area contributed by atoms with Crippen LogP contribution in [0, 0.1) is 18.3 Å². The van der Waals surface area contributed by atoms with Gasteiger partial charge in [-0.1, -0.05) is 0 Å². The largest absolute Gasteiger partial charge is 0.380 e. The Kier molecular flexibility index (Phi) is 4.50. The van der Waals surface area contributed by atoms with Gasteiger partial charge in [-0.2, -0.15) is 5.26 Å². The highest BCUT2D eigenvalue weighted by Crippen LogP contribution is 2.22.